The van der Waals surface area contributed by atoms with Crippen molar-refractivity contribution in [1.82, 2.24) is 0 Å². The van der Waals surface area contributed by atoms with Gasteiger partial charge in [-0.05, 0) is 56.2 Å². The molecule has 0 aromatic heterocycles. The van der Waals surface area contributed by atoms with Crippen LogP contribution >= 0.6 is 0 Å². The number of Topliss-reactive ketones (excluding diaryl/α,β-unsaturated/α-hetero) is 1. The van der Waals surface area contributed by atoms with Crippen molar-refractivity contribution in [2.24, 2.45) is 5.92 Å². The molecule has 0 spiro atoms. The number of amides is 2. The Hall–Kier alpha value is -3.15. The molecule has 0 bridgehead atoms. The van der Waals surface area contributed by atoms with E-state index in [0.717, 1.165) is 5.69 Å². The zero-order valence-corrected chi connectivity index (χ0v) is 16.7. The van der Waals surface area contributed by atoms with Crippen LogP contribution in [0.2, 0.25) is 0 Å². The van der Waals surface area contributed by atoms with Gasteiger partial charge in [0.25, 0.3) is 0 Å². The van der Waals surface area contributed by atoms with Crippen molar-refractivity contribution in [2.45, 2.75) is 40.2 Å². The minimum atomic E-state index is -0.484. The van der Waals surface area contributed by atoms with E-state index in [-0.39, 0.29) is 17.6 Å². The third-order valence-corrected chi connectivity index (χ3v) is 4.08. The number of carbonyl (C=O) groups is 3. The largest absolute Gasteiger partial charge is 0.374 e. The second-order valence-corrected chi connectivity index (χ2v) is 7.22. The van der Waals surface area contributed by atoms with Crippen LogP contribution in [0.1, 0.15) is 44.5 Å². The highest BCUT2D eigenvalue weighted by atomic mass is 16.2. The molecule has 0 heterocycles. The fourth-order valence-electron chi connectivity index (χ4n) is 2.61. The lowest BCUT2D eigenvalue weighted by Gasteiger charge is -2.16. The quantitative estimate of drug-likeness (QED) is 0.595. The molecule has 0 saturated heterocycles. The maximum Gasteiger partial charge on any atom is 0.246 e. The number of hydrogen-bond donors (Lipinski definition) is 3. The summed E-state index contributed by atoms with van der Waals surface area (Å²) in [5, 5.41) is 8.77. The van der Waals surface area contributed by atoms with Gasteiger partial charge < -0.3 is 16.0 Å². The van der Waals surface area contributed by atoms with E-state index in [1.54, 1.807) is 43.3 Å². The van der Waals surface area contributed by atoms with Crippen LogP contribution in [0, 0.1) is 5.92 Å². The van der Waals surface area contributed by atoms with Gasteiger partial charge in [-0.15, -0.1) is 0 Å². The fraction of sp³-hybridized carbons (Fsp3) is 0.318. The molecule has 3 N–H and O–H groups in total. The van der Waals surface area contributed by atoms with Gasteiger partial charge in [-0.25, -0.2) is 0 Å². The Morgan fingerprint density at radius 2 is 1.50 bits per heavy atom. The van der Waals surface area contributed by atoms with Crippen LogP contribution in [0.4, 0.5) is 17.1 Å². The SMILES string of the molecule is CC(=O)c1cccc(NC(=O)C(C)Nc2ccc(NC(=O)CC(C)C)cc2)c1. The number of ketones is 1. The summed E-state index contributed by atoms with van der Waals surface area (Å²) in [4.78, 5) is 35.7. The summed E-state index contributed by atoms with van der Waals surface area (Å²) in [6.45, 7) is 7.23. The van der Waals surface area contributed by atoms with Crippen molar-refractivity contribution in [1.29, 1.82) is 0 Å². The van der Waals surface area contributed by atoms with E-state index in [9.17, 15) is 14.4 Å². The lowest BCUT2D eigenvalue weighted by molar-refractivity contribution is -0.117. The molecule has 0 aliphatic carbocycles. The highest BCUT2D eigenvalue weighted by molar-refractivity contribution is 5.99. The molecule has 0 radical (unpaired) electrons. The van der Waals surface area contributed by atoms with Crippen molar-refractivity contribution in [3.63, 3.8) is 0 Å². The smallest absolute Gasteiger partial charge is 0.246 e. The molecule has 1 unspecified atom stereocenters. The minimum absolute atomic E-state index is 0.0174. The van der Waals surface area contributed by atoms with Gasteiger partial charge in [0.1, 0.15) is 6.04 Å². The predicted molar refractivity (Wildman–Crippen MR) is 113 cm³/mol. The highest BCUT2D eigenvalue weighted by Gasteiger charge is 2.13. The Morgan fingerprint density at radius 3 is 2.11 bits per heavy atom. The first-order valence-electron chi connectivity index (χ1n) is 9.33. The van der Waals surface area contributed by atoms with Crippen LogP contribution in [0.3, 0.4) is 0 Å². The van der Waals surface area contributed by atoms with Gasteiger partial charge in [0.05, 0.1) is 0 Å². The highest BCUT2D eigenvalue weighted by Crippen LogP contribution is 2.16. The number of carbonyl (C=O) groups excluding carboxylic acids is 3. The number of anilines is 3. The first-order valence-corrected chi connectivity index (χ1v) is 9.33. The summed E-state index contributed by atoms with van der Waals surface area (Å²) < 4.78 is 0. The topological polar surface area (TPSA) is 87.3 Å². The van der Waals surface area contributed by atoms with Gasteiger partial charge in [0.2, 0.25) is 11.8 Å². The van der Waals surface area contributed by atoms with Gasteiger partial charge >= 0.3 is 0 Å². The molecule has 6 nitrogen and oxygen atoms in total. The third-order valence-electron chi connectivity index (χ3n) is 4.08. The maximum absolute atomic E-state index is 12.4. The summed E-state index contributed by atoms with van der Waals surface area (Å²) in [7, 11) is 0. The Morgan fingerprint density at radius 1 is 0.857 bits per heavy atom. The lowest BCUT2D eigenvalue weighted by Crippen LogP contribution is -2.31. The number of benzene rings is 2. The molecule has 0 aliphatic rings. The first-order chi connectivity index (χ1) is 13.2. The van der Waals surface area contributed by atoms with Crippen molar-refractivity contribution in [3.8, 4) is 0 Å². The molecule has 0 aliphatic heterocycles. The predicted octanol–water partition coefficient (Wildman–Crippen LogP) is 4.31. The molecular weight excluding hydrogens is 354 g/mol. The third kappa shape index (κ3) is 6.54. The normalized spacial score (nSPS) is 11.6. The van der Waals surface area contributed by atoms with E-state index in [4.69, 9.17) is 0 Å². The van der Waals surface area contributed by atoms with Gasteiger partial charge in [-0.3, -0.25) is 14.4 Å². The van der Waals surface area contributed by atoms with Crippen LogP contribution < -0.4 is 16.0 Å². The number of rotatable bonds is 8. The second kappa shape index (κ2) is 9.69. The van der Waals surface area contributed by atoms with Crippen LogP contribution in [0.25, 0.3) is 0 Å². The summed E-state index contributed by atoms with van der Waals surface area (Å²) in [6.07, 6.45) is 0.474. The van der Waals surface area contributed by atoms with Gasteiger partial charge in [-0.2, -0.15) is 0 Å². The molecule has 0 saturated carbocycles. The molecule has 0 fully saturated rings. The molecule has 2 rings (SSSR count). The maximum atomic E-state index is 12.4. The Labute approximate surface area is 165 Å². The molecule has 2 aromatic rings. The Balaban J connectivity index is 1.92. The second-order valence-electron chi connectivity index (χ2n) is 7.22. The summed E-state index contributed by atoms with van der Waals surface area (Å²) in [5.41, 5.74) is 2.61. The van der Waals surface area contributed by atoms with Crippen LogP contribution in [-0.4, -0.2) is 23.6 Å². The van der Waals surface area contributed by atoms with Crippen molar-refractivity contribution < 1.29 is 14.4 Å². The van der Waals surface area contributed by atoms with Crippen molar-refractivity contribution in [2.75, 3.05) is 16.0 Å². The van der Waals surface area contributed by atoms with E-state index in [0.29, 0.717) is 29.3 Å². The van der Waals surface area contributed by atoms with E-state index in [1.807, 2.05) is 26.0 Å². The van der Waals surface area contributed by atoms with Crippen LogP contribution in [0.5, 0.6) is 0 Å². The van der Waals surface area contributed by atoms with Crippen LogP contribution in [0.15, 0.2) is 48.5 Å². The number of hydrogen-bond acceptors (Lipinski definition) is 4. The average Bonchev–Trinajstić information content (AvgIpc) is 2.62. The van der Waals surface area contributed by atoms with Gasteiger partial charge in [0.15, 0.2) is 5.78 Å². The Bertz CT molecular complexity index is 844. The number of nitrogens with one attached hydrogen (secondary N) is 3. The summed E-state index contributed by atoms with van der Waals surface area (Å²) in [5.74, 6) is 0.0190. The first kappa shape index (κ1) is 21.2. The Kier molecular flexibility index (Phi) is 7.32. The lowest BCUT2D eigenvalue weighted by atomic mass is 10.1. The van der Waals surface area contributed by atoms with E-state index >= 15 is 0 Å². The van der Waals surface area contributed by atoms with Gasteiger partial charge in [-0.1, -0.05) is 26.0 Å². The molecular formula is C22H27N3O3. The minimum Gasteiger partial charge on any atom is -0.374 e. The molecule has 1 atom stereocenters. The van der Waals surface area contributed by atoms with Crippen molar-refractivity contribution >= 4 is 34.7 Å². The zero-order chi connectivity index (χ0) is 20.7. The monoisotopic (exact) mass is 381 g/mol. The van der Waals surface area contributed by atoms with E-state index in [2.05, 4.69) is 16.0 Å². The van der Waals surface area contributed by atoms with E-state index < -0.39 is 6.04 Å². The van der Waals surface area contributed by atoms with Crippen molar-refractivity contribution in [3.05, 3.63) is 54.1 Å². The van der Waals surface area contributed by atoms with Gasteiger partial charge in [0, 0.05) is 29.0 Å². The molecule has 28 heavy (non-hydrogen) atoms. The molecule has 2 aromatic carbocycles. The molecule has 2 amide bonds. The standard InChI is InChI=1S/C22H27N3O3/c1-14(2)12-21(27)24-19-10-8-18(9-11-19)23-15(3)22(28)25-20-7-5-6-17(13-20)16(4)26/h5-11,13-15,23H,12H2,1-4H3,(H,24,27)(H,25,28). The van der Waals surface area contributed by atoms with E-state index in [1.165, 1.54) is 6.92 Å². The fourth-order valence-corrected chi connectivity index (χ4v) is 2.61. The molecule has 148 valence electrons. The average molecular weight is 381 g/mol. The van der Waals surface area contributed by atoms with Crippen LogP contribution in [-0.2, 0) is 9.59 Å². The molecule has 6 heteroatoms. The summed E-state index contributed by atoms with van der Waals surface area (Å²) >= 11 is 0. The summed E-state index contributed by atoms with van der Waals surface area (Å²) in [6, 6.07) is 13.6. The zero-order valence-electron chi connectivity index (χ0n) is 16.7.